The molecule has 1 aromatic rings. The lowest BCUT2D eigenvalue weighted by Crippen LogP contribution is -2.45. The summed E-state index contributed by atoms with van der Waals surface area (Å²) in [5.41, 5.74) is 1.68. The van der Waals surface area contributed by atoms with Crippen molar-refractivity contribution in [2.24, 2.45) is 0 Å². The number of carbonyl (C=O) groups is 2. The van der Waals surface area contributed by atoms with Crippen LogP contribution < -0.4 is 5.32 Å². The average molecular weight is 302 g/mol. The molecule has 0 spiro atoms. The minimum atomic E-state index is -0.568. The first-order chi connectivity index (χ1) is 10.7. The highest BCUT2D eigenvalue weighted by molar-refractivity contribution is 5.89. The normalized spacial score (nSPS) is 13.8. The Balaban J connectivity index is 1.84. The first-order valence-electron chi connectivity index (χ1n) is 6.98. The molecule has 22 heavy (non-hydrogen) atoms. The van der Waals surface area contributed by atoms with Gasteiger partial charge in [-0.1, -0.05) is 18.1 Å². The third-order valence-electron chi connectivity index (χ3n) is 3.19. The Bertz CT molecular complexity index is 580. The lowest BCUT2D eigenvalue weighted by atomic mass is 10.1. The van der Waals surface area contributed by atoms with Gasteiger partial charge in [0.15, 0.2) is 0 Å². The maximum atomic E-state index is 11.9. The monoisotopic (exact) mass is 302 g/mol. The van der Waals surface area contributed by atoms with Gasteiger partial charge in [0, 0.05) is 31.1 Å². The summed E-state index contributed by atoms with van der Waals surface area (Å²) in [4.78, 5) is 24.6. The molecule has 0 aliphatic carbocycles. The van der Waals surface area contributed by atoms with Crippen LogP contribution in [-0.4, -0.2) is 50.3 Å². The van der Waals surface area contributed by atoms with Gasteiger partial charge >= 0.3 is 12.0 Å². The third-order valence-corrected chi connectivity index (χ3v) is 3.19. The first kappa shape index (κ1) is 15.9. The molecule has 6 nitrogen and oxygen atoms in total. The van der Waals surface area contributed by atoms with Crippen LogP contribution in [0.5, 0.6) is 0 Å². The molecular weight excluding hydrogens is 284 g/mol. The largest absolute Gasteiger partial charge is 0.459 e. The van der Waals surface area contributed by atoms with E-state index in [1.165, 1.54) is 7.11 Å². The number of morpholine rings is 1. The van der Waals surface area contributed by atoms with Crippen molar-refractivity contribution in [2.75, 3.05) is 33.4 Å². The van der Waals surface area contributed by atoms with E-state index in [-0.39, 0.29) is 6.03 Å². The molecule has 0 atom stereocenters. The Labute approximate surface area is 129 Å². The molecule has 1 aliphatic heterocycles. The van der Waals surface area contributed by atoms with Crippen LogP contribution in [0.3, 0.4) is 0 Å². The molecule has 0 aromatic heterocycles. The third kappa shape index (κ3) is 4.79. The number of methoxy groups -OCH3 is 1. The second-order valence-electron chi connectivity index (χ2n) is 4.70. The van der Waals surface area contributed by atoms with E-state index in [1.807, 2.05) is 12.1 Å². The highest BCUT2D eigenvalue weighted by atomic mass is 16.5. The van der Waals surface area contributed by atoms with E-state index < -0.39 is 5.97 Å². The standard InChI is InChI=1S/C16H18N2O4/c1-21-15(19)7-6-13-2-4-14(5-3-13)12-17-16(20)18-8-10-22-11-9-18/h2-5H,8-12H2,1H3,(H,17,20). The predicted octanol–water partition coefficient (Wildman–Crippen LogP) is 0.753. The summed E-state index contributed by atoms with van der Waals surface area (Å²) in [7, 11) is 1.29. The molecule has 1 saturated heterocycles. The summed E-state index contributed by atoms with van der Waals surface area (Å²) < 4.78 is 9.65. The minimum absolute atomic E-state index is 0.0853. The number of nitrogens with one attached hydrogen (secondary N) is 1. The van der Waals surface area contributed by atoms with E-state index in [2.05, 4.69) is 21.9 Å². The fourth-order valence-electron chi connectivity index (χ4n) is 1.94. The van der Waals surface area contributed by atoms with Gasteiger partial charge in [0.2, 0.25) is 0 Å². The minimum Gasteiger partial charge on any atom is -0.459 e. The Morgan fingerprint density at radius 3 is 2.59 bits per heavy atom. The van der Waals surface area contributed by atoms with Crippen molar-refractivity contribution in [3.05, 3.63) is 35.4 Å². The molecule has 6 heteroatoms. The van der Waals surface area contributed by atoms with Gasteiger partial charge in [-0.2, -0.15) is 0 Å². The van der Waals surface area contributed by atoms with Crippen LogP contribution in [0.2, 0.25) is 0 Å². The molecule has 1 heterocycles. The number of ether oxygens (including phenoxy) is 2. The maximum absolute atomic E-state index is 11.9. The van der Waals surface area contributed by atoms with Crippen molar-refractivity contribution in [3.63, 3.8) is 0 Å². The van der Waals surface area contributed by atoms with Crippen LogP contribution >= 0.6 is 0 Å². The van der Waals surface area contributed by atoms with Gasteiger partial charge in [-0.05, 0) is 17.7 Å². The van der Waals surface area contributed by atoms with Crippen molar-refractivity contribution in [2.45, 2.75) is 6.54 Å². The summed E-state index contributed by atoms with van der Waals surface area (Å²) in [5.74, 6) is 4.50. The number of esters is 1. The van der Waals surface area contributed by atoms with Gasteiger partial charge in [0.05, 0.1) is 20.3 Å². The quantitative estimate of drug-likeness (QED) is 0.647. The molecule has 0 bridgehead atoms. The zero-order valence-corrected chi connectivity index (χ0v) is 12.4. The van der Waals surface area contributed by atoms with E-state index in [4.69, 9.17) is 4.74 Å². The summed E-state index contributed by atoms with van der Waals surface area (Å²) in [5, 5.41) is 2.87. The molecule has 1 aliphatic rings. The number of urea groups is 1. The van der Waals surface area contributed by atoms with Crippen molar-refractivity contribution < 1.29 is 19.1 Å². The Morgan fingerprint density at radius 1 is 1.27 bits per heavy atom. The van der Waals surface area contributed by atoms with Gasteiger partial charge in [-0.3, -0.25) is 0 Å². The van der Waals surface area contributed by atoms with E-state index >= 15 is 0 Å². The number of carbonyl (C=O) groups excluding carboxylic acids is 2. The van der Waals surface area contributed by atoms with Gasteiger partial charge in [-0.15, -0.1) is 0 Å². The summed E-state index contributed by atoms with van der Waals surface area (Å²) in [6, 6.07) is 7.23. The first-order valence-corrected chi connectivity index (χ1v) is 6.98. The molecule has 0 radical (unpaired) electrons. The zero-order valence-electron chi connectivity index (χ0n) is 12.4. The number of nitrogens with zero attached hydrogens (tertiary/aromatic N) is 1. The van der Waals surface area contributed by atoms with E-state index in [0.29, 0.717) is 38.4 Å². The second kappa shape index (κ2) is 8.05. The average Bonchev–Trinajstić information content (AvgIpc) is 2.59. The van der Waals surface area contributed by atoms with Crippen LogP contribution in [0.4, 0.5) is 4.79 Å². The van der Waals surface area contributed by atoms with Crippen LogP contribution in [0.15, 0.2) is 24.3 Å². The topological polar surface area (TPSA) is 67.9 Å². The van der Waals surface area contributed by atoms with Crippen molar-refractivity contribution in [3.8, 4) is 11.8 Å². The van der Waals surface area contributed by atoms with Crippen LogP contribution in [0, 0.1) is 11.8 Å². The van der Waals surface area contributed by atoms with Crippen molar-refractivity contribution >= 4 is 12.0 Å². The highest BCUT2D eigenvalue weighted by Crippen LogP contribution is 2.04. The maximum Gasteiger partial charge on any atom is 0.384 e. The van der Waals surface area contributed by atoms with Crippen molar-refractivity contribution in [1.82, 2.24) is 10.2 Å². The lowest BCUT2D eigenvalue weighted by Gasteiger charge is -2.26. The SMILES string of the molecule is COC(=O)C#Cc1ccc(CNC(=O)N2CCOCC2)cc1. The van der Waals surface area contributed by atoms with Crippen LogP contribution in [-0.2, 0) is 20.8 Å². The lowest BCUT2D eigenvalue weighted by molar-refractivity contribution is -0.133. The molecular formula is C16H18N2O4. The van der Waals surface area contributed by atoms with Crippen LogP contribution in [0.25, 0.3) is 0 Å². The van der Waals surface area contributed by atoms with Gasteiger partial charge < -0.3 is 19.7 Å². The van der Waals surface area contributed by atoms with Gasteiger partial charge in [-0.25, -0.2) is 9.59 Å². The molecule has 1 aromatic carbocycles. The Hall–Kier alpha value is -2.52. The van der Waals surface area contributed by atoms with Crippen LogP contribution in [0.1, 0.15) is 11.1 Å². The fraction of sp³-hybridized carbons (Fsp3) is 0.375. The van der Waals surface area contributed by atoms with E-state index in [1.54, 1.807) is 17.0 Å². The van der Waals surface area contributed by atoms with Gasteiger partial charge in [0.1, 0.15) is 0 Å². The molecule has 2 rings (SSSR count). The number of amides is 2. The number of hydrogen-bond donors (Lipinski definition) is 1. The molecule has 1 N–H and O–H groups in total. The predicted molar refractivity (Wildman–Crippen MR) is 80.0 cm³/mol. The smallest absolute Gasteiger partial charge is 0.384 e. The zero-order chi connectivity index (χ0) is 15.8. The summed E-state index contributed by atoms with van der Waals surface area (Å²) in [6.45, 7) is 2.85. The highest BCUT2D eigenvalue weighted by Gasteiger charge is 2.15. The summed E-state index contributed by atoms with van der Waals surface area (Å²) in [6.07, 6.45) is 0. The molecule has 116 valence electrons. The Kier molecular flexibility index (Phi) is 5.81. The molecule has 1 fully saturated rings. The molecule has 0 saturated carbocycles. The molecule has 0 unspecified atom stereocenters. The Morgan fingerprint density at radius 2 is 1.95 bits per heavy atom. The number of hydrogen-bond acceptors (Lipinski definition) is 4. The second-order valence-corrected chi connectivity index (χ2v) is 4.70. The molecule has 2 amide bonds. The number of rotatable bonds is 2. The summed E-state index contributed by atoms with van der Waals surface area (Å²) >= 11 is 0. The van der Waals surface area contributed by atoms with Crippen molar-refractivity contribution in [1.29, 1.82) is 0 Å². The fourth-order valence-corrected chi connectivity index (χ4v) is 1.94. The van der Waals surface area contributed by atoms with Gasteiger partial charge in [0.25, 0.3) is 0 Å². The van der Waals surface area contributed by atoms with E-state index in [0.717, 1.165) is 5.56 Å². The van der Waals surface area contributed by atoms with E-state index in [9.17, 15) is 9.59 Å². The number of benzene rings is 1.